The molecule has 4 aliphatic heterocycles. The fraction of sp³-hybridized carbons (Fsp3) is 0.189. The molecular formula is C95H92Cl4N24O10. The van der Waals surface area contributed by atoms with Crippen LogP contribution in [0.2, 0.25) is 0 Å². The lowest BCUT2D eigenvalue weighted by Gasteiger charge is -2.18. The summed E-state index contributed by atoms with van der Waals surface area (Å²) in [5.41, 5.74) is 56.8. The fourth-order valence-corrected chi connectivity index (χ4v) is 17.3. The first kappa shape index (κ1) is 94.1. The lowest BCUT2D eigenvalue weighted by molar-refractivity contribution is -0.119. The van der Waals surface area contributed by atoms with Crippen LogP contribution in [0.3, 0.4) is 0 Å². The molecule has 0 spiro atoms. The summed E-state index contributed by atoms with van der Waals surface area (Å²) in [7, 11) is 1.89. The van der Waals surface area contributed by atoms with Gasteiger partial charge in [0.15, 0.2) is 11.5 Å². The Bertz CT molecular complexity index is 6900. The monoisotopic (exact) mass is 1870 g/mol. The maximum Gasteiger partial charge on any atom is 0.272 e. The predicted molar refractivity (Wildman–Crippen MR) is 520 cm³/mol. The molecule has 21 rings (SSSR count). The van der Waals surface area contributed by atoms with Crippen molar-refractivity contribution in [2.24, 2.45) is 62.2 Å². The van der Waals surface area contributed by atoms with Crippen molar-refractivity contribution >= 4 is 188 Å². The van der Waals surface area contributed by atoms with Crippen molar-refractivity contribution in [1.82, 2.24) is 61.5 Å². The molecule has 7 aromatic heterocycles. The van der Waals surface area contributed by atoms with Gasteiger partial charge in [-0.2, -0.15) is 20.4 Å². The molecule has 2 aliphatic carbocycles. The SMILES string of the molecule is Cc1[nH]c2cc(NC(=O)[C@H](N)C3Cc4ccccc4C3)cc3c2c1C=NNC3=O.Cc1cc(-c2[nH]c3cc(NC(=O)[C@H](N)C4Cc5ccccc5C4)cc4c3c2C=NNC4=O)on1.Cc1cc(-c2[nH]c3cc(NC(=O)[C@H](N)CCc4ccccc4)cc4c3c2C=NNC4=O)on1.Cl.Cl.Cl.Cl.Cn1cnc(-c2[nH]c3cc(NC(=O)[C@H](N)CCc4ccccc4)cc4c3c2C=NNC4=O)c1. The van der Waals surface area contributed by atoms with Gasteiger partial charge in [-0.05, 0) is 166 Å². The third kappa shape index (κ3) is 19.7. The van der Waals surface area contributed by atoms with E-state index in [4.69, 9.17) is 32.0 Å². The van der Waals surface area contributed by atoms with Crippen molar-refractivity contribution in [3.05, 3.63) is 277 Å². The predicted octanol–water partition coefficient (Wildman–Crippen LogP) is 12.5. The van der Waals surface area contributed by atoms with E-state index in [-0.39, 0.29) is 109 Å². The van der Waals surface area contributed by atoms with Gasteiger partial charge in [0.2, 0.25) is 23.6 Å². The van der Waals surface area contributed by atoms with Crippen LogP contribution in [0.25, 0.3) is 77.9 Å². The molecule has 0 unspecified atom stereocenters. The Kier molecular flexibility index (Phi) is 28.4. The van der Waals surface area contributed by atoms with Crippen molar-refractivity contribution in [2.45, 2.75) is 96.3 Å². The average Bonchev–Trinajstić information content (AvgIpc) is 1.61. The maximum absolute atomic E-state index is 13.1. The Morgan fingerprint density at radius 3 is 1.07 bits per heavy atom. The first-order valence-electron chi connectivity index (χ1n) is 41.9. The number of amides is 8. The molecule has 11 heterocycles. The number of rotatable bonds is 19. The number of hydrogen-bond acceptors (Lipinski definition) is 21. The second-order valence-electron chi connectivity index (χ2n) is 32.7. The summed E-state index contributed by atoms with van der Waals surface area (Å²) in [5.74, 6) is -1.42. The van der Waals surface area contributed by atoms with Crippen LogP contribution < -0.4 is 65.9 Å². The molecule has 133 heavy (non-hydrogen) atoms. The molecule has 8 aromatic carbocycles. The van der Waals surface area contributed by atoms with E-state index >= 15 is 0 Å². The second-order valence-corrected chi connectivity index (χ2v) is 32.7. The molecule has 34 nitrogen and oxygen atoms in total. The van der Waals surface area contributed by atoms with E-state index in [0.29, 0.717) is 132 Å². The van der Waals surface area contributed by atoms with Gasteiger partial charge in [0.05, 0.1) is 106 Å². The Labute approximate surface area is 783 Å². The Hall–Kier alpha value is -15.0. The number of aromatic nitrogens is 8. The number of halogens is 4. The van der Waals surface area contributed by atoms with Gasteiger partial charge in [-0.1, -0.05) is 120 Å². The minimum atomic E-state index is -0.691. The topological polar surface area (TPSA) is 519 Å². The van der Waals surface area contributed by atoms with E-state index in [1.165, 1.54) is 22.3 Å². The van der Waals surface area contributed by atoms with E-state index in [9.17, 15) is 38.4 Å². The van der Waals surface area contributed by atoms with Crippen LogP contribution in [0.5, 0.6) is 0 Å². The first-order chi connectivity index (χ1) is 62.5. The number of anilines is 4. The number of carbonyl (C=O) groups excluding carboxylic acids is 8. The highest BCUT2D eigenvalue weighted by Gasteiger charge is 2.35. The highest BCUT2D eigenvalue weighted by atomic mass is 35.5. The van der Waals surface area contributed by atoms with Crippen LogP contribution in [0.1, 0.15) is 127 Å². The molecule has 20 N–H and O–H groups in total. The van der Waals surface area contributed by atoms with Gasteiger partial charge in [-0.15, -0.1) is 49.6 Å². The number of nitrogens with one attached hydrogen (secondary N) is 12. The third-order valence-corrected chi connectivity index (χ3v) is 23.8. The highest BCUT2D eigenvalue weighted by molar-refractivity contribution is 6.22. The smallest absolute Gasteiger partial charge is 0.272 e. The van der Waals surface area contributed by atoms with Crippen LogP contribution in [0.15, 0.2) is 212 Å². The zero-order valence-corrected chi connectivity index (χ0v) is 75.1. The number of aryl methyl sites for hydroxylation is 6. The molecule has 38 heteroatoms. The molecule has 0 saturated heterocycles. The van der Waals surface area contributed by atoms with Crippen molar-refractivity contribution in [1.29, 1.82) is 0 Å². The Morgan fingerprint density at radius 2 is 0.729 bits per heavy atom. The largest absolute Gasteiger partial charge is 0.358 e. The van der Waals surface area contributed by atoms with Crippen molar-refractivity contribution in [3.63, 3.8) is 0 Å². The third-order valence-electron chi connectivity index (χ3n) is 23.8. The summed E-state index contributed by atoms with van der Waals surface area (Å²) in [6, 6.07) is 50.8. The number of aromatic amines is 4. The quantitative estimate of drug-likeness (QED) is 0.0357. The number of hydrazone groups is 4. The molecule has 0 bridgehead atoms. The lowest BCUT2D eigenvalue weighted by Crippen LogP contribution is -2.42. The molecule has 8 amide bonds. The van der Waals surface area contributed by atoms with Crippen LogP contribution in [-0.4, -0.2) is 136 Å². The van der Waals surface area contributed by atoms with Gasteiger partial charge in [0, 0.05) is 120 Å². The van der Waals surface area contributed by atoms with E-state index in [1.807, 2.05) is 130 Å². The minimum absolute atomic E-state index is 0. The number of benzene rings is 8. The number of imidazole rings is 1. The van der Waals surface area contributed by atoms with E-state index < -0.39 is 24.2 Å². The standard InChI is InChI=1S/C25H22N6O3.C24H23N7O2.C24H22N6O3.C22H21N5O2.4ClH/c1-12-6-20(34-31-12)23-18-11-27-30-24(32)17-9-16(10-19(29-23)21(17)18)28-25(33)22(26)15-7-13-4-2-3-5-14(13)8-15;1-31-12-20(26-13-31)22-17-11-27-30-23(32)16-9-15(10-19(29-22)21(16)17)28-24(33)18(25)8-7-14-5-3-2-4-6-14;1-13-9-20(33-30-13)22-17-12-26-29-23(31)16-10-15(11-19(28-22)21(16)17)27-24(32)18(25)8-7-14-5-3-2-4-6-14;1-11-17-10-24-27-21(28)16-8-15(9-18(25-11)19(16)17)26-22(29)20(23)14-6-12-4-2-3-5-13(12)7-14;;;;/h2-6,9-11,15,22,29H,7-8,26H2,1H3,(H,28,33)(H,30,32);2-6,9-13,18,29H,7-8,25H2,1H3,(H,28,33)(H,30,32);2-6,9-12,18,28H,7-8,25H2,1H3,(H,27,32)(H,29,31);2-5,8-10,14,20,25H,6-7,23H2,1H3,(H,26,29)(H,27,28);4*1H/t22-;2*18-;20-;;;;/m1111..../s1. The summed E-state index contributed by atoms with van der Waals surface area (Å²) >= 11 is 0. The number of carbonyl (C=O) groups is 8. The van der Waals surface area contributed by atoms with Crippen LogP contribution in [0.4, 0.5) is 22.7 Å². The molecule has 15 aromatic rings. The lowest BCUT2D eigenvalue weighted by atomic mass is 9.96. The van der Waals surface area contributed by atoms with Crippen LogP contribution >= 0.6 is 49.6 Å². The Morgan fingerprint density at radius 1 is 0.414 bits per heavy atom. The molecule has 0 fully saturated rings. The second kappa shape index (κ2) is 40.2. The molecule has 680 valence electrons. The normalized spacial score (nSPS) is 14.3. The van der Waals surface area contributed by atoms with Crippen molar-refractivity contribution < 1.29 is 47.4 Å². The van der Waals surface area contributed by atoms with E-state index in [2.05, 4.69) is 123 Å². The highest BCUT2D eigenvalue weighted by Crippen LogP contribution is 2.40. The van der Waals surface area contributed by atoms with E-state index in [1.54, 1.807) is 85.8 Å². The molecule has 0 saturated carbocycles. The first-order valence-corrected chi connectivity index (χ1v) is 41.9. The van der Waals surface area contributed by atoms with Gasteiger partial charge in [0.1, 0.15) is 5.69 Å². The van der Waals surface area contributed by atoms with Gasteiger partial charge < -0.3 is 77.8 Å². The molecule has 4 atom stereocenters. The maximum atomic E-state index is 13.1. The van der Waals surface area contributed by atoms with Gasteiger partial charge >= 0.3 is 0 Å². The molecule has 6 aliphatic rings. The fourth-order valence-electron chi connectivity index (χ4n) is 17.3. The number of nitrogens with zero attached hydrogens (tertiary/aromatic N) is 8. The van der Waals surface area contributed by atoms with E-state index in [0.717, 1.165) is 92.7 Å². The number of H-pyrrole nitrogens is 4. The summed E-state index contributed by atoms with van der Waals surface area (Å²) in [4.78, 5) is 119. The van der Waals surface area contributed by atoms with Crippen molar-refractivity contribution in [2.75, 3.05) is 21.3 Å². The van der Waals surface area contributed by atoms with Gasteiger partial charge in [-0.25, -0.2) is 26.7 Å². The van der Waals surface area contributed by atoms with Gasteiger partial charge in [-0.3, -0.25) is 38.4 Å². The van der Waals surface area contributed by atoms with Gasteiger partial charge in [0.25, 0.3) is 23.6 Å². The number of hydrogen-bond donors (Lipinski definition) is 16. The summed E-state index contributed by atoms with van der Waals surface area (Å²) < 4.78 is 12.7. The number of nitrogens with two attached hydrogens (primary N) is 4. The van der Waals surface area contributed by atoms with Crippen LogP contribution in [0, 0.1) is 32.6 Å². The van der Waals surface area contributed by atoms with Crippen LogP contribution in [-0.2, 0) is 64.8 Å². The summed E-state index contributed by atoms with van der Waals surface area (Å²) in [6.45, 7) is 5.58. The molecule has 0 radical (unpaired) electrons. The Balaban J connectivity index is 0.000000141. The number of fused-ring (bicyclic) bond motifs is 2. The van der Waals surface area contributed by atoms with Crippen molar-refractivity contribution in [3.8, 4) is 34.3 Å². The zero-order valence-electron chi connectivity index (χ0n) is 71.9. The average molecular weight is 1870 g/mol. The summed E-state index contributed by atoms with van der Waals surface area (Å²) in [6.07, 6.45) is 15.5. The zero-order chi connectivity index (χ0) is 89.4. The minimum Gasteiger partial charge on any atom is -0.358 e. The molecular weight excluding hydrogens is 1780 g/mol. The summed E-state index contributed by atoms with van der Waals surface area (Å²) in [5, 5.41) is 38.4.